The molecule has 1 aromatic carbocycles. The minimum absolute atomic E-state index is 0.0365. The third-order valence-electron chi connectivity index (χ3n) is 3.58. The van der Waals surface area contributed by atoms with Crippen LogP contribution in [0.15, 0.2) is 35.0 Å². The van der Waals surface area contributed by atoms with Gasteiger partial charge in [-0.05, 0) is 48.5 Å². The number of thiocarbonyl (C=S) groups is 1. The van der Waals surface area contributed by atoms with E-state index >= 15 is 0 Å². The first-order valence-electron chi connectivity index (χ1n) is 5.61. The normalized spacial score (nSPS) is 16.9. The summed E-state index contributed by atoms with van der Waals surface area (Å²) >= 11 is 4.65. The number of benzene rings is 1. The Morgan fingerprint density at radius 2 is 2.06 bits per heavy atom. The van der Waals surface area contributed by atoms with E-state index < -0.39 is 0 Å². The average molecular weight is 244 g/mol. The van der Waals surface area contributed by atoms with E-state index in [0.717, 1.165) is 5.69 Å². The molecule has 0 atom stereocenters. The first-order valence-corrected chi connectivity index (χ1v) is 6.02. The number of allylic oxidation sites excluding steroid dienone is 1. The van der Waals surface area contributed by atoms with Gasteiger partial charge in [-0.3, -0.25) is 0 Å². The Labute approximate surface area is 108 Å². The van der Waals surface area contributed by atoms with Crippen molar-refractivity contribution in [1.29, 1.82) is 0 Å². The highest BCUT2D eigenvalue weighted by atomic mass is 32.1. The molecule has 1 aliphatic heterocycles. The summed E-state index contributed by atoms with van der Waals surface area (Å²) in [4.78, 5) is 6.21. The Kier molecular flexibility index (Phi) is 2.90. The predicted octanol–water partition coefficient (Wildman–Crippen LogP) is 4.05. The third kappa shape index (κ3) is 1.92. The van der Waals surface area contributed by atoms with E-state index in [9.17, 15) is 0 Å². The number of hydrogen-bond donors (Lipinski definition) is 0. The summed E-state index contributed by atoms with van der Waals surface area (Å²) in [6, 6.07) is 6.16. The van der Waals surface area contributed by atoms with Gasteiger partial charge in [-0.25, -0.2) is 0 Å². The summed E-state index contributed by atoms with van der Waals surface area (Å²) in [5.41, 5.74) is 4.76. The highest BCUT2D eigenvalue weighted by Gasteiger charge is 2.30. The molecule has 88 valence electrons. The van der Waals surface area contributed by atoms with E-state index in [1.54, 1.807) is 0 Å². The highest BCUT2D eigenvalue weighted by molar-refractivity contribution is 7.78. The van der Waals surface area contributed by atoms with Crippen molar-refractivity contribution in [2.45, 2.75) is 26.2 Å². The molecule has 0 radical (unpaired) electrons. The van der Waals surface area contributed by atoms with Crippen molar-refractivity contribution in [2.24, 2.45) is 4.99 Å². The zero-order valence-electron chi connectivity index (χ0n) is 10.6. The molecule has 0 spiro atoms. The SMILES string of the molecule is CC1=CN(C)c2ccc(N=C=S)cc2C1(C)C. The number of nitrogens with zero attached hydrogens (tertiary/aromatic N) is 2. The van der Waals surface area contributed by atoms with E-state index in [4.69, 9.17) is 0 Å². The molecule has 0 saturated heterocycles. The van der Waals surface area contributed by atoms with Gasteiger partial charge in [0.05, 0.1) is 10.8 Å². The van der Waals surface area contributed by atoms with E-state index in [0.29, 0.717) is 0 Å². The van der Waals surface area contributed by atoms with Crippen LogP contribution in [0.25, 0.3) is 0 Å². The topological polar surface area (TPSA) is 15.6 Å². The quantitative estimate of drug-likeness (QED) is 0.547. The van der Waals surface area contributed by atoms with Crippen LogP contribution >= 0.6 is 12.2 Å². The van der Waals surface area contributed by atoms with Crippen molar-refractivity contribution in [3.8, 4) is 0 Å². The molecule has 3 heteroatoms. The van der Waals surface area contributed by atoms with E-state index in [1.807, 2.05) is 6.07 Å². The van der Waals surface area contributed by atoms with Crippen LogP contribution in [0.4, 0.5) is 11.4 Å². The Morgan fingerprint density at radius 1 is 1.35 bits per heavy atom. The molecule has 0 aromatic heterocycles. The summed E-state index contributed by atoms with van der Waals surface area (Å²) in [5.74, 6) is 0. The van der Waals surface area contributed by atoms with Gasteiger partial charge in [0, 0.05) is 24.4 Å². The minimum Gasteiger partial charge on any atom is -0.351 e. The molecule has 1 heterocycles. The maximum Gasteiger partial charge on any atom is 0.0744 e. The molecule has 0 amide bonds. The van der Waals surface area contributed by atoms with Gasteiger partial charge in [0.25, 0.3) is 0 Å². The third-order valence-corrected chi connectivity index (χ3v) is 3.67. The lowest BCUT2D eigenvalue weighted by molar-refractivity contribution is 0.609. The zero-order valence-corrected chi connectivity index (χ0v) is 11.4. The number of aliphatic imine (C=N–C) groups is 1. The standard InChI is InChI=1S/C14H16N2S/c1-10-8-16(4)13-6-5-11(15-9-17)7-12(13)14(10,2)3/h5-8H,1-4H3. The van der Waals surface area contributed by atoms with Gasteiger partial charge >= 0.3 is 0 Å². The fourth-order valence-electron chi connectivity index (χ4n) is 2.19. The van der Waals surface area contributed by atoms with Gasteiger partial charge in [-0.15, -0.1) is 0 Å². The summed E-state index contributed by atoms with van der Waals surface area (Å²) in [6.45, 7) is 6.62. The van der Waals surface area contributed by atoms with Crippen LogP contribution in [-0.2, 0) is 5.41 Å². The van der Waals surface area contributed by atoms with Crippen molar-refractivity contribution in [3.05, 3.63) is 35.5 Å². The molecule has 2 rings (SSSR count). The van der Waals surface area contributed by atoms with Crippen LogP contribution in [0.5, 0.6) is 0 Å². The molecule has 0 bridgehead atoms. The monoisotopic (exact) mass is 244 g/mol. The van der Waals surface area contributed by atoms with E-state index in [1.165, 1.54) is 16.8 Å². The lowest BCUT2D eigenvalue weighted by Gasteiger charge is -2.37. The Hall–Kier alpha value is -1.44. The zero-order chi connectivity index (χ0) is 12.6. The van der Waals surface area contributed by atoms with Gasteiger partial charge in [0.1, 0.15) is 0 Å². The van der Waals surface area contributed by atoms with Gasteiger partial charge in [0.2, 0.25) is 0 Å². The smallest absolute Gasteiger partial charge is 0.0744 e. The Morgan fingerprint density at radius 3 is 2.71 bits per heavy atom. The molecule has 0 N–H and O–H groups in total. The van der Waals surface area contributed by atoms with Crippen molar-refractivity contribution in [2.75, 3.05) is 11.9 Å². The maximum absolute atomic E-state index is 4.65. The van der Waals surface area contributed by atoms with E-state index in [2.05, 4.69) is 73.4 Å². The van der Waals surface area contributed by atoms with Crippen molar-refractivity contribution in [3.63, 3.8) is 0 Å². The molecule has 0 fully saturated rings. The number of rotatable bonds is 1. The van der Waals surface area contributed by atoms with Crippen LogP contribution in [0, 0.1) is 0 Å². The van der Waals surface area contributed by atoms with Gasteiger partial charge < -0.3 is 4.90 Å². The molecule has 17 heavy (non-hydrogen) atoms. The molecule has 0 saturated carbocycles. The second-order valence-corrected chi connectivity index (χ2v) is 5.14. The van der Waals surface area contributed by atoms with Gasteiger partial charge in [0.15, 0.2) is 0 Å². The van der Waals surface area contributed by atoms with Crippen molar-refractivity contribution in [1.82, 2.24) is 0 Å². The van der Waals surface area contributed by atoms with Crippen LogP contribution in [0.2, 0.25) is 0 Å². The van der Waals surface area contributed by atoms with Gasteiger partial charge in [-0.2, -0.15) is 4.99 Å². The molecule has 2 nitrogen and oxygen atoms in total. The fourth-order valence-corrected chi connectivity index (χ4v) is 2.29. The highest BCUT2D eigenvalue weighted by Crippen LogP contribution is 2.42. The molecule has 0 aliphatic carbocycles. The summed E-state index contributed by atoms with van der Waals surface area (Å²) in [7, 11) is 2.07. The predicted molar refractivity (Wildman–Crippen MR) is 76.3 cm³/mol. The minimum atomic E-state index is 0.0365. The van der Waals surface area contributed by atoms with Gasteiger partial charge in [-0.1, -0.05) is 13.8 Å². The lowest BCUT2D eigenvalue weighted by Crippen LogP contribution is -2.29. The molecule has 0 unspecified atom stereocenters. The second-order valence-electron chi connectivity index (χ2n) is 4.95. The second kappa shape index (κ2) is 4.10. The maximum atomic E-state index is 4.65. The van der Waals surface area contributed by atoms with Crippen molar-refractivity contribution >= 4 is 28.8 Å². The lowest BCUT2D eigenvalue weighted by atomic mass is 9.75. The number of anilines is 1. The fraction of sp³-hybridized carbons (Fsp3) is 0.357. The number of hydrogen-bond acceptors (Lipinski definition) is 3. The van der Waals surface area contributed by atoms with Crippen LogP contribution in [0.1, 0.15) is 26.3 Å². The summed E-state index contributed by atoms with van der Waals surface area (Å²) in [6.07, 6.45) is 2.18. The number of isothiocyanates is 1. The number of fused-ring (bicyclic) bond motifs is 1. The largest absolute Gasteiger partial charge is 0.351 e. The first-order chi connectivity index (χ1) is 7.96. The molecule has 1 aromatic rings. The molecular weight excluding hydrogens is 228 g/mol. The first kappa shape index (κ1) is 12.0. The molecule has 1 aliphatic rings. The molecular formula is C14H16N2S. The van der Waals surface area contributed by atoms with Crippen LogP contribution in [0.3, 0.4) is 0 Å². The summed E-state index contributed by atoms with van der Waals surface area (Å²) < 4.78 is 0. The average Bonchev–Trinajstić information content (AvgIpc) is 2.27. The van der Waals surface area contributed by atoms with Crippen molar-refractivity contribution < 1.29 is 0 Å². The van der Waals surface area contributed by atoms with E-state index in [-0.39, 0.29) is 5.41 Å². The Bertz CT molecular complexity index is 537. The summed E-state index contributed by atoms with van der Waals surface area (Å²) in [5, 5.41) is 2.42. The van der Waals surface area contributed by atoms with Crippen LogP contribution in [-0.4, -0.2) is 12.2 Å². The van der Waals surface area contributed by atoms with Crippen LogP contribution < -0.4 is 4.90 Å². The Balaban J connectivity index is 2.65.